The van der Waals surface area contributed by atoms with E-state index in [0.717, 1.165) is 5.56 Å². The number of hydrogen-bond acceptors (Lipinski definition) is 2. The Morgan fingerprint density at radius 1 is 1.50 bits per heavy atom. The number of nitriles is 1. The van der Waals surface area contributed by atoms with Gasteiger partial charge in [-0.2, -0.15) is 5.26 Å². The number of Topliss-reactive ketones (excluding diaryl/α,β-unsaturated/α-hetero) is 1. The van der Waals surface area contributed by atoms with Crippen LogP contribution in [0.25, 0.3) is 0 Å². The molecule has 1 rings (SSSR count). The highest BCUT2D eigenvalue weighted by Crippen LogP contribution is 2.09. The fourth-order valence-electron chi connectivity index (χ4n) is 1.19. The number of allylic oxidation sites excluding steroid dienone is 2. The largest absolute Gasteiger partial charge is 0.288 e. The smallest absolute Gasteiger partial charge is 0.203 e. The molecule has 0 heterocycles. The monoisotopic (exact) mass is 185 g/mol. The highest BCUT2D eigenvalue weighted by Gasteiger charge is 2.10. The van der Waals surface area contributed by atoms with Crippen molar-refractivity contribution < 1.29 is 4.79 Å². The van der Waals surface area contributed by atoms with Gasteiger partial charge in [0.1, 0.15) is 6.07 Å². The Labute approximate surface area is 83.5 Å². The highest BCUT2D eigenvalue weighted by molar-refractivity contribution is 6.11. The predicted molar refractivity (Wildman–Crippen MR) is 54.9 cm³/mol. The van der Waals surface area contributed by atoms with E-state index in [1.54, 1.807) is 19.1 Å². The van der Waals surface area contributed by atoms with Gasteiger partial charge in [-0.3, -0.25) is 4.79 Å². The van der Waals surface area contributed by atoms with Gasteiger partial charge >= 0.3 is 0 Å². The van der Waals surface area contributed by atoms with E-state index in [1.807, 2.05) is 25.1 Å². The summed E-state index contributed by atoms with van der Waals surface area (Å²) in [5, 5.41) is 8.69. The maximum atomic E-state index is 11.7. The number of ketones is 1. The lowest BCUT2D eigenvalue weighted by Gasteiger charge is -1.99. The number of aryl methyl sites for hydroxylation is 1. The third kappa shape index (κ3) is 2.08. The van der Waals surface area contributed by atoms with E-state index < -0.39 is 0 Å². The molecule has 0 radical (unpaired) electrons. The van der Waals surface area contributed by atoms with Crippen LogP contribution in [0.1, 0.15) is 22.8 Å². The van der Waals surface area contributed by atoms with Crippen LogP contribution in [0.4, 0.5) is 0 Å². The molecule has 1 aromatic carbocycles. The number of carbonyl (C=O) groups is 1. The summed E-state index contributed by atoms with van der Waals surface area (Å²) in [4.78, 5) is 11.7. The fraction of sp³-hybridized carbons (Fsp3) is 0.167. The Hall–Kier alpha value is -1.88. The summed E-state index contributed by atoms with van der Waals surface area (Å²) in [7, 11) is 0. The molecule has 70 valence electrons. The summed E-state index contributed by atoms with van der Waals surface area (Å²) >= 11 is 0. The zero-order chi connectivity index (χ0) is 10.6. The molecule has 1 aromatic rings. The minimum absolute atomic E-state index is 0.190. The third-order valence-electron chi connectivity index (χ3n) is 1.93. The molecule has 0 aromatic heterocycles. The van der Waals surface area contributed by atoms with Gasteiger partial charge in [0.2, 0.25) is 5.78 Å². The average molecular weight is 185 g/mol. The summed E-state index contributed by atoms with van der Waals surface area (Å²) in [6, 6.07) is 9.11. The van der Waals surface area contributed by atoms with Crippen molar-refractivity contribution in [2.75, 3.05) is 0 Å². The van der Waals surface area contributed by atoms with E-state index in [-0.39, 0.29) is 11.4 Å². The van der Waals surface area contributed by atoms with Crippen molar-refractivity contribution in [3.63, 3.8) is 0 Å². The zero-order valence-corrected chi connectivity index (χ0v) is 8.24. The molecule has 0 bridgehead atoms. The maximum absolute atomic E-state index is 11.7. The Morgan fingerprint density at radius 2 is 2.21 bits per heavy atom. The van der Waals surface area contributed by atoms with Crippen LogP contribution < -0.4 is 0 Å². The molecule has 0 aliphatic heterocycles. The van der Waals surface area contributed by atoms with E-state index >= 15 is 0 Å². The summed E-state index contributed by atoms with van der Waals surface area (Å²) in [5.74, 6) is -0.210. The van der Waals surface area contributed by atoms with Crippen molar-refractivity contribution in [2.45, 2.75) is 13.8 Å². The first kappa shape index (κ1) is 10.2. The third-order valence-corrected chi connectivity index (χ3v) is 1.93. The lowest BCUT2D eigenvalue weighted by molar-refractivity contribution is 0.103. The second-order valence-corrected chi connectivity index (χ2v) is 3.01. The lowest BCUT2D eigenvalue weighted by Crippen LogP contribution is -2.01. The van der Waals surface area contributed by atoms with Gasteiger partial charge in [-0.25, -0.2) is 0 Å². The second-order valence-electron chi connectivity index (χ2n) is 3.01. The van der Waals surface area contributed by atoms with Gasteiger partial charge in [0.15, 0.2) is 0 Å². The number of carbonyl (C=O) groups excluding carboxylic acids is 1. The van der Waals surface area contributed by atoms with Gasteiger partial charge in [0, 0.05) is 5.56 Å². The zero-order valence-electron chi connectivity index (χ0n) is 8.24. The van der Waals surface area contributed by atoms with Crippen LogP contribution in [0.15, 0.2) is 35.9 Å². The summed E-state index contributed by atoms with van der Waals surface area (Å²) in [6.07, 6.45) is 1.53. The summed E-state index contributed by atoms with van der Waals surface area (Å²) in [6.45, 7) is 3.60. The molecule has 0 aliphatic rings. The number of rotatable bonds is 2. The van der Waals surface area contributed by atoms with Crippen LogP contribution in [0.3, 0.4) is 0 Å². The van der Waals surface area contributed by atoms with Crippen LogP contribution in [0.5, 0.6) is 0 Å². The van der Waals surface area contributed by atoms with Gasteiger partial charge in [0.05, 0.1) is 5.57 Å². The van der Waals surface area contributed by atoms with Gasteiger partial charge < -0.3 is 0 Å². The first-order valence-electron chi connectivity index (χ1n) is 4.37. The van der Waals surface area contributed by atoms with Crippen molar-refractivity contribution >= 4 is 5.78 Å². The standard InChI is InChI=1S/C12H11NO/c1-3-10(8-13)12(14)11-6-4-5-9(2)7-11/h3-7H,1-2H3/b10-3-. The predicted octanol–water partition coefficient (Wildman–Crippen LogP) is 2.65. The molecule has 0 saturated heterocycles. The molecule has 0 unspecified atom stereocenters. The van der Waals surface area contributed by atoms with Crippen LogP contribution in [-0.2, 0) is 0 Å². The van der Waals surface area contributed by atoms with Crippen molar-refractivity contribution in [1.29, 1.82) is 5.26 Å². The number of hydrogen-bond donors (Lipinski definition) is 0. The van der Waals surface area contributed by atoms with Crippen molar-refractivity contribution in [1.82, 2.24) is 0 Å². The lowest BCUT2D eigenvalue weighted by atomic mass is 10.0. The van der Waals surface area contributed by atoms with Crippen molar-refractivity contribution in [2.24, 2.45) is 0 Å². The van der Waals surface area contributed by atoms with Crippen LogP contribution in [0.2, 0.25) is 0 Å². The quantitative estimate of drug-likeness (QED) is 0.403. The Morgan fingerprint density at radius 3 is 2.71 bits per heavy atom. The molecule has 0 atom stereocenters. The SMILES string of the molecule is C/C=C(/C#N)C(=O)c1cccc(C)c1. The van der Waals surface area contributed by atoms with Gasteiger partial charge in [-0.15, -0.1) is 0 Å². The molecule has 0 N–H and O–H groups in total. The summed E-state index contributed by atoms with van der Waals surface area (Å²) in [5.41, 5.74) is 1.78. The normalized spacial score (nSPS) is 10.8. The Balaban J connectivity index is 3.08. The number of benzene rings is 1. The molecule has 2 nitrogen and oxygen atoms in total. The van der Waals surface area contributed by atoms with E-state index in [4.69, 9.17) is 5.26 Å². The topological polar surface area (TPSA) is 40.9 Å². The van der Waals surface area contributed by atoms with E-state index in [9.17, 15) is 4.79 Å². The minimum Gasteiger partial charge on any atom is -0.288 e. The molecule has 0 spiro atoms. The van der Waals surface area contributed by atoms with Crippen molar-refractivity contribution in [3.8, 4) is 6.07 Å². The molecule has 0 saturated carbocycles. The minimum atomic E-state index is -0.210. The molecular weight excluding hydrogens is 174 g/mol. The fourth-order valence-corrected chi connectivity index (χ4v) is 1.19. The van der Waals surface area contributed by atoms with Gasteiger partial charge in [-0.1, -0.05) is 29.8 Å². The van der Waals surface area contributed by atoms with Crippen molar-refractivity contribution in [3.05, 3.63) is 47.0 Å². The number of nitrogens with zero attached hydrogens (tertiary/aromatic N) is 1. The first-order chi connectivity index (χ1) is 6.69. The highest BCUT2D eigenvalue weighted by atomic mass is 16.1. The average Bonchev–Trinajstić information content (AvgIpc) is 2.19. The molecule has 0 fully saturated rings. The molecular formula is C12H11NO. The van der Waals surface area contributed by atoms with E-state index in [1.165, 1.54) is 6.08 Å². The van der Waals surface area contributed by atoms with Gasteiger partial charge in [0.25, 0.3) is 0 Å². The molecule has 2 heteroatoms. The first-order valence-corrected chi connectivity index (χ1v) is 4.37. The summed E-state index contributed by atoms with van der Waals surface area (Å²) < 4.78 is 0. The van der Waals surface area contributed by atoms with Crippen LogP contribution in [-0.4, -0.2) is 5.78 Å². The molecule has 0 amide bonds. The Kier molecular flexibility index (Phi) is 3.19. The molecule has 0 aliphatic carbocycles. The van der Waals surface area contributed by atoms with E-state index in [0.29, 0.717) is 5.56 Å². The second kappa shape index (κ2) is 4.38. The van der Waals surface area contributed by atoms with Gasteiger partial charge in [-0.05, 0) is 19.9 Å². The van der Waals surface area contributed by atoms with E-state index in [2.05, 4.69) is 0 Å². The molecule has 14 heavy (non-hydrogen) atoms. The Bertz CT molecular complexity index is 424. The maximum Gasteiger partial charge on any atom is 0.203 e. The van der Waals surface area contributed by atoms with Crippen LogP contribution in [0, 0.1) is 18.3 Å². The van der Waals surface area contributed by atoms with Crippen LogP contribution >= 0.6 is 0 Å².